The smallest absolute Gasteiger partial charge is 0.338 e. The minimum atomic E-state index is -0.702. The summed E-state index contributed by atoms with van der Waals surface area (Å²) in [5.74, 6) is -0.549. The normalized spacial score (nSPS) is 15.7. The number of nitrogens with zero attached hydrogens (tertiary/aromatic N) is 3. The van der Waals surface area contributed by atoms with Crippen molar-refractivity contribution < 1.29 is 14.5 Å². The van der Waals surface area contributed by atoms with Gasteiger partial charge in [-0.15, -0.1) is 0 Å². The lowest BCUT2D eigenvalue weighted by Crippen LogP contribution is -2.40. The third-order valence-electron chi connectivity index (χ3n) is 5.23. The Bertz CT molecular complexity index is 1470. The van der Waals surface area contributed by atoms with Crippen molar-refractivity contribution in [3.8, 4) is 0 Å². The van der Waals surface area contributed by atoms with Gasteiger partial charge in [-0.05, 0) is 29.7 Å². The number of thiazole rings is 1. The molecule has 3 aromatic rings. The molecule has 1 aromatic heterocycles. The maximum atomic E-state index is 13.5. The van der Waals surface area contributed by atoms with E-state index in [1.807, 2.05) is 37.3 Å². The van der Waals surface area contributed by atoms with E-state index in [1.54, 1.807) is 12.1 Å². The number of nitro groups is 1. The Balaban J connectivity index is 1.98. The number of hydrogen-bond donors (Lipinski definition) is 0. The molecule has 0 aliphatic carbocycles. The Hall–Kier alpha value is -3.56. The summed E-state index contributed by atoms with van der Waals surface area (Å²) in [4.78, 5) is 41.9. The van der Waals surface area contributed by atoms with Crippen molar-refractivity contribution in [2.75, 3.05) is 7.11 Å². The van der Waals surface area contributed by atoms with Crippen molar-refractivity contribution >= 4 is 40.7 Å². The van der Waals surface area contributed by atoms with Gasteiger partial charge in [0.1, 0.15) is 5.02 Å². The molecule has 1 atom stereocenters. The first-order valence-corrected chi connectivity index (χ1v) is 11.2. The summed E-state index contributed by atoms with van der Waals surface area (Å²) in [5.41, 5.74) is 1.45. The molecular weight excluding hydrogens is 466 g/mol. The summed E-state index contributed by atoms with van der Waals surface area (Å²) in [6, 6.07) is 12.8. The molecule has 0 N–H and O–H groups in total. The highest BCUT2D eigenvalue weighted by Crippen LogP contribution is 2.31. The zero-order valence-electron chi connectivity index (χ0n) is 17.6. The van der Waals surface area contributed by atoms with Gasteiger partial charge >= 0.3 is 5.97 Å². The second-order valence-corrected chi connectivity index (χ2v) is 8.58. The van der Waals surface area contributed by atoms with Crippen LogP contribution in [0.5, 0.6) is 0 Å². The molecule has 0 saturated carbocycles. The predicted octanol–water partition coefficient (Wildman–Crippen LogP) is 3.36. The number of allylic oxidation sites excluding steroid dienone is 1. The molecule has 0 amide bonds. The topological polar surface area (TPSA) is 104 Å². The lowest BCUT2D eigenvalue weighted by molar-refractivity contribution is -0.384. The quantitative estimate of drug-likeness (QED) is 0.314. The summed E-state index contributed by atoms with van der Waals surface area (Å²) in [5, 5.41) is 11.2. The van der Waals surface area contributed by atoms with Gasteiger partial charge < -0.3 is 4.74 Å². The predicted molar refractivity (Wildman–Crippen MR) is 125 cm³/mol. The van der Waals surface area contributed by atoms with Crippen LogP contribution in [0, 0.1) is 10.1 Å². The lowest BCUT2D eigenvalue weighted by Gasteiger charge is -2.25. The van der Waals surface area contributed by atoms with Crippen LogP contribution in [0.2, 0.25) is 5.02 Å². The number of rotatable bonds is 5. The van der Waals surface area contributed by atoms with Gasteiger partial charge in [0.2, 0.25) is 0 Å². The number of nitro benzene ring substituents is 1. The van der Waals surface area contributed by atoms with Crippen molar-refractivity contribution in [2.24, 2.45) is 4.99 Å². The van der Waals surface area contributed by atoms with E-state index in [4.69, 9.17) is 16.3 Å². The van der Waals surface area contributed by atoms with E-state index in [-0.39, 0.29) is 16.3 Å². The van der Waals surface area contributed by atoms with Gasteiger partial charge in [-0.3, -0.25) is 19.5 Å². The van der Waals surface area contributed by atoms with E-state index in [2.05, 4.69) is 4.99 Å². The molecule has 2 heterocycles. The van der Waals surface area contributed by atoms with Crippen LogP contribution in [-0.2, 0) is 9.53 Å². The van der Waals surface area contributed by atoms with E-state index < -0.39 is 16.9 Å². The second kappa shape index (κ2) is 9.13. The Morgan fingerprint density at radius 3 is 2.67 bits per heavy atom. The molecule has 0 bridgehead atoms. The van der Waals surface area contributed by atoms with Crippen molar-refractivity contribution in [2.45, 2.75) is 19.4 Å². The molecule has 0 unspecified atom stereocenters. The van der Waals surface area contributed by atoms with Gasteiger partial charge in [0.25, 0.3) is 11.2 Å². The lowest BCUT2D eigenvalue weighted by atomic mass is 9.95. The molecule has 1 aliphatic rings. The van der Waals surface area contributed by atoms with E-state index >= 15 is 0 Å². The van der Waals surface area contributed by atoms with Crippen LogP contribution in [0.4, 0.5) is 5.69 Å². The van der Waals surface area contributed by atoms with Gasteiger partial charge in [-0.25, -0.2) is 9.79 Å². The van der Waals surface area contributed by atoms with Crippen LogP contribution < -0.4 is 14.9 Å². The summed E-state index contributed by atoms with van der Waals surface area (Å²) in [6.07, 6.45) is 2.03. The molecule has 0 fully saturated rings. The SMILES string of the molecule is CCC1=C(C(=O)OC)[C@@H](c2ccccc2)n2c(s/c(=C\c3ccc(Cl)c([N+](=O)[O-])c3)c2=O)=N1. The Morgan fingerprint density at radius 2 is 2.03 bits per heavy atom. The van der Waals surface area contributed by atoms with Gasteiger partial charge in [0.15, 0.2) is 4.80 Å². The first kappa shape index (κ1) is 22.6. The summed E-state index contributed by atoms with van der Waals surface area (Å²) in [7, 11) is 1.29. The van der Waals surface area contributed by atoms with E-state index in [1.165, 1.54) is 23.8 Å². The third-order valence-corrected chi connectivity index (χ3v) is 6.53. The number of ether oxygens (including phenoxy) is 1. The number of carbonyl (C=O) groups excluding carboxylic acids is 1. The highest BCUT2D eigenvalue weighted by molar-refractivity contribution is 7.07. The molecule has 168 valence electrons. The van der Waals surface area contributed by atoms with Crippen LogP contribution >= 0.6 is 22.9 Å². The summed E-state index contributed by atoms with van der Waals surface area (Å²) in [6.45, 7) is 1.88. The Labute approximate surface area is 196 Å². The van der Waals surface area contributed by atoms with Crippen LogP contribution in [-0.4, -0.2) is 22.6 Å². The minimum Gasteiger partial charge on any atom is -0.466 e. The van der Waals surface area contributed by atoms with E-state index in [9.17, 15) is 19.7 Å². The molecule has 0 spiro atoms. The molecular formula is C23H18ClN3O5S. The molecule has 8 nitrogen and oxygen atoms in total. The minimum absolute atomic E-state index is 0.0120. The average molecular weight is 484 g/mol. The largest absolute Gasteiger partial charge is 0.466 e. The zero-order valence-corrected chi connectivity index (χ0v) is 19.2. The standard InChI is InChI=1S/C23H18ClN3O5S/c1-3-16-19(22(29)32-2)20(14-7-5-4-6-8-14)26-21(28)18(33-23(26)25-16)12-13-9-10-15(24)17(11-13)27(30)31/h4-12,20H,3H2,1-2H3/b18-12-/t20-/m1/s1. The van der Waals surface area contributed by atoms with Crippen LogP contribution in [0.25, 0.3) is 6.08 Å². The number of methoxy groups -OCH3 is 1. The van der Waals surface area contributed by atoms with Crippen molar-refractivity contribution in [1.82, 2.24) is 4.57 Å². The number of fused-ring (bicyclic) bond motifs is 1. The number of aromatic nitrogens is 1. The fourth-order valence-electron chi connectivity index (χ4n) is 3.73. The number of hydrogen-bond acceptors (Lipinski definition) is 7. The van der Waals surface area contributed by atoms with Gasteiger partial charge in [0.05, 0.1) is 33.9 Å². The van der Waals surface area contributed by atoms with Crippen molar-refractivity contribution in [3.05, 3.63) is 106 Å². The van der Waals surface area contributed by atoms with Gasteiger partial charge in [0, 0.05) is 6.07 Å². The van der Waals surface area contributed by atoms with Gasteiger partial charge in [-0.1, -0.05) is 66.3 Å². The fraction of sp³-hybridized carbons (Fsp3) is 0.174. The number of carbonyl (C=O) groups is 1. The highest BCUT2D eigenvalue weighted by atomic mass is 35.5. The summed E-state index contributed by atoms with van der Waals surface area (Å²) >= 11 is 7.06. The number of benzene rings is 2. The maximum absolute atomic E-state index is 13.5. The molecule has 10 heteroatoms. The third kappa shape index (κ3) is 4.12. The Morgan fingerprint density at radius 1 is 1.30 bits per heavy atom. The molecule has 4 rings (SSSR count). The van der Waals surface area contributed by atoms with Crippen LogP contribution in [0.15, 0.2) is 69.6 Å². The van der Waals surface area contributed by atoms with Crippen molar-refractivity contribution in [3.63, 3.8) is 0 Å². The highest BCUT2D eigenvalue weighted by Gasteiger charge is 2.33. The number of halogens is 1. The maximum Gasteiger partial charge on any atom is 0.338 e. The monoisotopic (exact) mass is 483 g/mol. The van der Waals surface area contributed by atoms with E-state index in [0.29, 0.717) is 32.6 Å². The first-order valence-electron chi connectivity index (χ1n) is 9.97. The second-order valence-electron chi connectivity index (χ2n) is 7.17. The van der Waals surface area contributed by atoms with Crippen LogP contribution in [0.1, 0.15) is 30.5 Å². The zero-order chi connectivity index (χ0) is 23.7. The van der Waals surface area contributed by atoms with Crippen LogP contribution in [0.3, 0.4) is 0 Å². The first-order chi connectivity index (χ1) is 15.8. The molecule has 1 aliphatic heterocycles. The Kier molecular flexibility index (Phi) is 6.26. The molecule has 2 aromatic carbocycles. The summed E-state index contributed by atoms with van der Waals surface area (Å²) < 4.78 is 6.83. The average Bonchev–Trinajstić information content (AvgIpc) is 3.13. The molecule has 0 saturated heterocycles. The van der Waals surface area contributed by atoms with Gasteiger partial charge in [-0.2, -0.15) is 0 Å². The van der Waals surface area contributed by atoms with Crippen molar-refractivity contribution in [1.29, 1.82) is 0 Å². The fourth-order valence-corrected chi connectivity index (χ4v) is 4.93. The molecule has 33 heavy (non-hydrogen) atoms. The molecule has 0 radical (unpaired) electrons. The number of esters is 1. The van der Waals surface area contributed by atoms with E-state index in [0.717, 1.165) is 16.9 Å².